The van der Waals surface area contributed by atoms with Crippen LogP contribution in [0.1, 0.15) is 6.92 Å². The van der Waals surface area contributed by atoms with Crippen LogP contribution >= 0.6 is 0 Å². The first-order valence-electron chi connectivity index (χ1n) is 4.59. The Kier molecular flexibility index (Phi) is 4.22. The van der Waals surface area contributed by atoms with E-state index < -0.39 is 0 Å². The molecule has 0 unspecified atom stereocenters. The van der Waals surface area contributed by atoms with Crippen molar-refractivity contribution in [1.82, 2.24) is 4.98 Å². The molecule has 0 aliphatic carbocycles. The van der Waals surface area contributed by atoms with E-state index in [2.05, 4.69) is 21.7 Å². The zero-order valence-corrected chi connectivity index (χ0v) is 8.96. The Balaban J connectivity index is 2.88. The molecule has 0 fully saturated rings. The lowest BCUT2D eigenvalue weighted by molar-refractivity contribution is 1.02. The molecular weight excluding hydrogens is 188 g/mol. The lowest BCUT2D eigenvalue weighted by atomic mass is 10.4. The second-order valence-corrected chi connectivity index (χ2v) is 2.82. The van der Waals surface area contributed by atoms with Crippen molar-refractivity contribution in [3.05, 3.63) is 36.3 Å². The molecule has 0 aliphatic rings. The molecule has 0 N–H and O–H groups in total. The fourth-order valence-electron chi connectivity index (χ4n) is 1.12. The molecule has 1 aromatic heterocycles. The summed E-state index contributed by atoms with van der Waals surface area (Å²) in [5.74, 6) is 1.62. The van der Waals surface area contributed by atoms with Gasteiger partial charge in [-0.25, -0.2) is 9.98 Å². The van der Waals surface area contributed by atoms with Crippen LogP contribution in [0.2, 0.25) is 0 Å². The van der Waals surface area contributed by atoms with Gasteiger partial charge in [-0.15, -0.1) is 0 Å². The maximum absolute atomic E-state index is 4.22. The van der Waals surface area contributed by atoms with Gasteiger partial charge in [-0.05, 0) is 31.9 Å². The third-order valence-corrected chi connectivity index (χ3v) is 1.87. The molecule has 0 saturated heterocycles. The molecule has 1 aromatic rings. The molecule has 0 amide bonds. The second-order valence-electron chi connectivity index (χ2n) is 2.82. The van der Waals surface area contributed by atoms with E-state index >= 15 is 0 Å². The summed E-state index contributed by atoms with van der Waals surface area (Å²) in [6.45, 7) is 5.25. The van der Waals surface area contributed by atoms with E-state index in [1.54, 1.807) is 6.20 Å². The van der Waals surface area contributed by atoms with Crippen molar-refractivity contribution in [2.45, 2.75) is 6.92 Å². The fourth-order valence-corrected chi connectivity index (χ4v) is 1.12. The van der Waals surface area contributed by atoms with Gasteiger partial charge in [0, 0.05) is 13.2 Å². The van der Waals surface area contributed by atoms with Crippen LogP contribution in [0.3, 0.4) is 0 Å². The lowest BCUT2D eigenvalue weighted by Crippen LogP contribution is -2.16. The van der Waals surface area contributed by atoms with Gasteiger partial charge in [0.25, 0.3) is 0 Å². The first kappa shape index (κ1) is 11.1. The van der Waals surface area contributed by atoms with Crippen LogP contribution < -0.4 is 4.90 Å². The highest BCUT2D eigenvalue weighted by Crippen LogP contribution is 2.13. The third kappa shape index (κ3) is 3.02. The van der Waals surface area contributed by atoms with Crippen molar-refractivity contribution in [3.8, 4) is 0 Å². The second kappa shape index (κ2) is 5.70. The van der Waals surface area contributed by atoms with Crippen LogP contribution in [0.15, 0.2) is 46.3 Å². The van der Waals surface area contributed by atoms with Crippen LogP contribution in [0, 0.1) is 0 Å². The Hall–Kier alpha value is -1.97. The number of hydrogen-bond donors (Lipinski definition) is 0. The summed E-state index contributed by atoms with van der Waals surface area (Å²) in [7, 11) is 1.90. The summed E-state index contributed by atoms with van der Waals surface area (Å²) in [5.41, 5.74) is 0. The zero-order chi connectivity index (χ0) is 11.1. The smallest absolute Gasteiger partial charge is 0.133 e. The van der Waals surface area contributed by atoms with E-state index in [1.807, 2.05) is 43.1 Å². The van der Waals surface area contributed by atoms with Crippen molar-refractivity contribution in [3.63, 3.8) is 0 Å². The van der Waals surface area contributed by atoms with Crippen molar-refractivity contribution in [1.29, 1.82) is 0 Å². The normalized spacial score (nSPS) is 11.7. The van der Waals surface area contributed by atoms with Crippen LogP contribution in [0.25, 0.3) is 0 Å². The minimum atomic E-state index is 0.779. The molecule has 78 valence electrons. The summed E-state index contributed by atoms with van der Waals surface area (Å²) < 4.78 is 0. The van der Waals surface area contributed by atoms with Crippen LogP contribution in [0.5, 0.6) is 0 Å². The fraction of sp³-hybridized carbons (Fsp3) is 0.182. The van der Waals surface area contributed by atoms with Crippen molar-refractivity contribution in [2.75, 3.05) is 11.9 Å². The predicted molar refractivity (Wildman–Crippen MR) is 64.4 cm³/mol. The number of rotatable bonds is 4. The molecule has 4 heteroatoms. The van der Waals surface area contributed by atoms with E-state index in [-0.39, 0.29) is 0 Å². The summed E-state index contributed by atoms with van der Waals surface area (Å²) in [5, 5.41) is 0. The highest BCUT2D eigenvalue weighted by molar-refractivity contribution is 5.64. The van der Waals surface area contributed by atoms with Gasteiger partial charge < -0.3 is 4.90 Å². The van der Waals surface area contributed by atoms with Gasteiger partial charge in [0.2, 0.25) is 0 Å². The molecule has 0 aromatic carbocycles. The maximum atomic E-state index is 4.22. The lowest BCUT2D eigenvalue weighted by Gasteiger charge is -2.17. The number of pyridine rings is 1. The molecule has 0 spiro atoms. The monoisotopic (exact) mass is 202 g/mol. The minimum Gasteiger partial charge on any atom is -0.314 e. The standard InChI is InChI=1S/C11H14N4/c1-4-10(14-9-12-2)15(3)11-7-5-6-8-13-11/h4-9H,2H2,1,3H3/b10-4+,14-9-. The molecule has 1 heterocycles. The molecule has 0 atom stereocenters. The van der Waals surface area contributed by atoms with Crippen LogP contribution in [0.4, 0.5) is 5.82 Å². The van der Waals surface area contributed by atoms with Gasteiger partial charge in [-0.3, -0.25) is 4.99 Å². The van der Waals surface area contributed by atoms with E-state index in [4.69, 9.17) is 0 Å². The largest absolute Gasteiger partial charge is 0.314 e. The maximum Gasteiger partial charge on any atom is 0.133 e. The topological polar surface area (TPSA) is 40.9 Å². The van der Waals surface area contributed by atoms with Gasteiger partial charge in [-0.2, -0.15) is 0 Å². The molecule has 1 rings (SSSR count). The average molecular weight is 202 g/mol. The minimum absolute atomic E-state index is 0.779. The molecule has 0 radical (unpaired) electrons. The highest BCUT2D eigenvalue weighted by Gasteiger charge is 2.04. The number of anilines is 1. The van der Waals surface area contributed by atoms with Crippen molar-refractivity contribution >= 4 is 18.9 Å². The van der Waals surface area contributed by atoms with Gasteiger partial charge >= 0.3 is 0 Å². The van der Waals surface area contributed by atoms with Crippen molar-refractivity contribution in [2.24, 2.45) is 9.98 Å². The predicted octanol–water partition coefficient (Wildman–Crippen LogP) is 2.11. The SMILES string of the molecule is C=N/C=N\C(=C/C)N(C)c1ccccn1. The number of aromatic nitrogens is 1. The van der Waals surface area contributed by atoms with Gasteiger partial charge in [0.1, 0.15) is 18.0 Å². The molecule has 0 saturated carbocycles. The quantitative estimate of drug-likeness (QED) is 0.554. The Morgan fingerprint density at radius 1 is 1.53 bits per heavy atom. The molecule has 0 bridgehead atoms. The average Bonchev–Trinajstić information content (AvgIpc) is 2.31. The van der Waals surface area contributed by atoms with Crippen LogP contribution in [-0.4, -0.2) is 25.1 Å². The summed E-state index contributed by atoms with van der Waals surface area (Å²) in [6.07, 6.45) is 5.04. The summed E-state index contributed by atoms with van der Waals surface area (Å²) >= 11 is 0. The Bertz CT molecular complexity index is 367. The van der Waals surface area contributed by atoms with Crippen molar-refractivity contribution < 1.29 is 0 Å². The molecule has 4 nitrogen and oxygen atoms in total. The van der Waals surface area contributed by atoms with Gasteiger partial charge in [0.15, 0.2) is 0 Å². The zero-order valence-electron chi connectivity index (χ0n) is 8.96. The number of nitrogens with zero attached hydrogens (tertiary/aromatic N) is 4. The van der Waals surface area contributed by atoms with E-state index in [9.17, 15) is 0 Å². The summed E-state index contributed by atoms with van der Waals surface area (Å²) in [6, 6.07) is 5.73. The van der Waals surface area contributed by atoms with Gasteiger partial charge in [-0.1, -0.05) is 6.07 Å². The first-order chi connectivity index (χ1) is 7.29. The molecule has 0 aliphatic heterocycles. The number of aliphatic imine (C=N–C) groups is 2. The van der Waals surface area contributed by atoms with Crippen LogP contribution in [-0.2, 0) is 0 Å². The first-order valence-corrected chi connectivity index (χ1v) is 4.59. The Morgan fingerprint density at radius 3 is 2.87 bits per heavy atom. The van der Waals surface area contributed by atoms with E-state index in [0.717, 1.165) is 11.6 Å². The molecular formula is C11H14N4. The third-order valence-electron chi connectivity index (χ3n) is 1.87. The van der Waals surface area contributed by atoms with E-state index in [1.165, 1.54) is 6.34 Å². The Morgan fingerprint density at radius 2 is 2.33 bits per heavy atom. The number of hydrogen-bond acceptors (Lipinski definition) is 3. The number of allylic oxidation sites excluding steroid dienone is 1. The van der Waals surface area contributed by atoms with E-state index in [0.29, 0.717) is 0 Å². The van der Waals surface area contributed by atoms with Gasteiger partial charge in [0.05, 0.1) is 0 Å². The molecule has 15 heavy (non-hydrogen) atoms. The summed E-state index contributed by atoms with van der Waals surface area (Å²) in [4.78, 5) is 13.8. The Labute approximate surface area is 89.7 Å². The highest BCUT2D eigenvalue weighted by atomic mass is 15.2.